The van der Waals surface area contributed by atoms with Crippen LogP contribution in [0.25, 0.3) is 0 Å². The first-order valence-corrected chi connectivity index (χ1v) is 4.97. The summed E-state index contributed by atoms with van der Waals surface area (Å²) in [6.07, 6.45) is 7.08. The summed E-state index contributed by atoms with van der Waals surface area (Å²) >= 11 is 0. The van der Waals surface area contributed by atoms with Crippen molar-refractivity contribution in [3.05, 3.63) is 23.8 Å². The summed E-state index contributed by atoms with van der Waals surface area (Å²) in [6.45, 7) is 3.71. The van der Waals surface area contributed by atoms with Gasteiger partial charge in [0.25, 0.3) is 0 Å². The van der Waals surface area contributed by atoms with Gasteiger partial charge in [-0.05, 0) is 37.2 Å². The third kappa shape index (κ3) is 2.24. The van der Waals surface area contributed by atoms with Crippen molar-refractivity contribution in [3.8, 4) is 12.1 Å². The first kappa shape index (κ1) is 10.5. The number of allylic oxidation sites excluding steroid dienone is 3. The van der Waals surface area contributed by atoms with Gasteiger partial charge in [0.05, 0.1) is 0 Å². The molecule has 1 aliphatic carbocycles. The number of hydrogen-bond acceptors (Lipinski definition) is 2. The van der Waals surface area contributed by atoms with E-state index in [1.54, 1.807) is 0 Å². The second-order valence-electron chi connectivity index (χ2n) is 3.59. The number of hydrogen-bond donors (Lipinski definition) is 0. The maximum absolute atomic E-state index is 8.81. The Morgan fingerprint density at radius 3 is 2.71 bits per heavy atom. The first-order valence-electron chi connectivity index (χ1n) is 4.97. The monoisotopic (exact) mass is 186 g/mol. The Kier molecular flexibility index (Phi) is 3.95. The maximum atomic E-state index is 8.81. The fraction of sp³-hybridized carbons (Fsp3) is 0.500. The van der Waals surface area contributed by atoms with E-state index >= 15 is 0 Å². The van der Waals surface area contributed by atoms with Crippen LogP contribution in [0.5, 0.6) is 0 Å². The van der Waals surface area contributed by atoms with Gasteiger partial charge in [0.1, 0.15) is 17.7 Å². The molecule has 1 aliphatic rings. The highest BCUT2D eigenvalue weighted by molar-refractivity contribution is 5.41. The fourth-order valence-electron chi connectivity index (χ4n) is 2.04. The topological polar surface area (TPSA) is 47.6 Å². The molecule has 0 spiro atoms. The molecule has 1 rings (SSSR count). The average Bonchev–Trinajstić information content (AvgIpc) is 2.23. The minimum Gasteiger partial charge on any atom is -0.192 e. The molecule has 0 aromatic rings. The highest BCUT2D eigenvalue weighted by atomic mass is 14.3. The molecule has 0 radical (unpaired) electrons. The van der Waals surface area contributed by atoms with Crippen molar-refractivity contribution in [2.24, 2.45) is 5.92 Å². The standard InChI is InChI=1S/C12H14N2/c1-2-5-10-6-3-4-7-12(10)11(8-13)9-14/h2,10H,1,3-7H2. The maximum Gasteiger partial charge on any atom is 0.129 e. The van der Waals surface area contributed by atoms with Gasteiger partial charge in [0.15, 0.2) is 0 Å². The number of nitrogens with zero attached hydrogens (tertiary/aromatic N) is 2. The van der Waals surface area contributed by atoms with E-state index in [1.807, 2.05) is 18.2 Å². The molecule has 1 fully saturated rings. The molecule has 1 saturated carbocycles. The van der Waals surface area contributed by atoms with Crippen LogP contribution in [-0.4, -0.2) is 0 Å². The Hall–Kier alpha value is -1.54. The van der Waals surface area contributed by atoms with Gasteiger partial charge >= 0.3 is 0 Å². The SMILES string of the molecule is C=CCC1CCCCC1=C(C#N)C#N. The van der Waals surface area contributed by atoms with Gasteiger partial charge in [-0.25, -0.2) is 0 Å². The van der Waals surface area contributed by atoms with E-state index < -0.39 is 0 Å². The van der Waals surface area contributed by atoms with E-state index in [4.69, 9.17) is 10.5 Å². The van der Waals surface area contributed by atoms with Crippen molar-refractivity contribution in [1.29, 1.82) is 10.5 Å². The Bertz CT molecular complexity index is 309. The van der Waals surface area contributed by atoms with Gasteiger partial charge in [-0.3, -0.25) is 0 Å². The van der Waals surface area contributed by atoms with E-state index in [0.717, 1.165) is 31.3 Å². The van der Waals surface area contributed by atoms with Crippen molar-refractivity contribution in [2.45, 2.75) is 32.1 Å². The summed E-state index contributed by atoms with van der Waals surface area (Å²) in [6, 6.07) is 3.99. The Balaban J connectivity index is 2.93. The smallest absolute Gasteiger partial charge is 0.129 e. The van der Waals surface area contributed by atoms with Gasteiger partial charge in [0.2, 0.25) is 0 Å². The molecule has 14 heavy (non-hydrogen) atoms. The molecule has 0 amide bonds. The quantitative estimate of drug-likeness (QED) is 0.491. The van der Waals surface area contributed by atoms with Gasteiger partial charge in [-0.2, -0.15) is 10.5 Å². The predicted molar refractivity (Wildman–Crippen MR) is 55.0 cm³/mol. The summed E-state index contributed by atoms with van der Waals surface area (Å²) in [7, 11) is 0. The fourth-order valence-corrected chi connectivity index (χ4v) is 2.04. The van der Waals surface area contributed by atoms with Crippen molar-refractivity contribution < 1.29 is 0 Å². The van der Waals surface area contributed by atoms with Gasteiger partial charge < -0.3 is 0 Å². The number of nitriles is 2. The van der Waals surface area contributed by atoms with Gasteiger partial charge in [-0.15, -0.1) is 6.58 Å². The molecule has 1 atom stereocenters. The molecule has 0 aromatic heterocycles. The minimum atomic E-state index is 0.330. The zero-order valence-corrected chi connectivity index (χ0v) is 8.29. The summed E-state index contributed by atoms with van der Waals surface area (Å²) < 4.78 is 0. The zero-order chi connectivity index (χ0) is 10.4. The lowest BCUT2D eigenvalue weighted by Crippen LogP contribution is -2.11. The van der Waals surface area contributed by atoms with Crippen LogP contribution in [0.4, 0.5) is 0 Å². The van der Waals surface area contributed by atoms with E-state index in [2.05, 4.69) is 6.58 Å². The minimum absolute atomic E-state index is 0.330. The van der Waals surface area contributed by atoms with E-state index in [9.17, 15) is 0 Å². The van der Waals surface area contributed by atoms with E-state index in [1.165, 1.54) is 6.42 Å². The number of rotatable bonds is 2. The van der Waals surface area contributed by atoms with Crippen molar-refractivity contribution in [2.75, 3.05) is 0 Å². The van der Waals surface area contributed by atoms with Crippen molar-refractivity contribution >= 4 is 0 Å². The molecule has 0 heterocycles. The van der Waals surface area contributed by atoms with E-state index in [0.29, 0.717) is 11.5 Å². The van der Waals surface area contributed by atoms with Crippen LogP contribution >= 0.6 is 0 Å². The molecular weight excluding hydrogens is 172 g/mol. The lowest BCUT2D eigenvalue weighted by molar-refractivity contribution is 0.455. The molecular formula is C12H14N2. The lowest BCUT2D eigenvalue weighted by atomic mass is 9.80. The molecule has 1 unspecified atom stereocenters. The van der Waals surface area contributed by atoms with E-state index in [-0.39, 0.29) is 0 Å². The largest absolute Gasteiger partial charge is 0.192 e. The van der Waals surface area contributed by atoms with Crippen LogP contribution in [0.3, 0.4) is 0 Å². The molecule has 2 nitrogen and oxygen atoms in total. The van der Waals surface area contributed by atoms with Crippen LogP contribution < -0.4 is 0 Å². The molecule has 0 N–H and O–H groups in total. The molecule has 2 heteroatoms. The third-order valence-electron chi connectivity index (χ3n) is 2.74. The highest BCUT2D eigenvalue weighted by Crippen LogP contribution is 2.33. The van der Waals surface area contributed by atoms with Crippen LogP contribution in [0.1, 0.15) is 32.1 Å². The second kappa shape index (κ2) is 5.25. The molecule has 0 aliphatic heterocycles. The summed E-state index contributed by atoms with van der Waals surface area (Å²) in [4.78, 5) is 0. The Morgan fingerprint density at radius 1 is 1.43 bits per heavy atom. The van der Waals surface area contributed by atoms with Crippen molar-refractivity contribution in [1.82, 2.24) is 0 Å². The van der Waals surface area contributed by atoms with Crippen LogP contribution in [0, 0.1) is 28.6 Å². The predicted octanol–water partition coefficient (Wildman–Crippen LogP) is 3.10. The van der Waals surface area contributed by atoms with Crippen LogP contribution in [0.15, 0.2) is 23.8 Å². The second-order valence-corrected chi connectivity index (χ2v) is 3.59. The Morgan fingerprint density at radius 2 is 2.14 bits per heavy atom. The summed E-state index contributed by atoms with van der Waals surface area (Å²) in [5.41, 5.74) is 1.39. The van der Waals surface area contributed by atoms with Crippen LogP contribution in [0.2, 0.25) is 0 Å². The zero-order valence-electron chi connectivity index (χ0n) is 8.29. The van der Waals surface area contributed by atoms with Gasteiger partial charge in [0, 0.05) is 0 Å². The third-order valence-corrected chi connectivity index (χ3v) is 2.74. The summed E-state index contributed by atoms with van der Waals surface area (Å²) in [5.74, 6) is 0.385. The highest BCUT2D eigenvalue weighted by Gasteiger charge is 2.21. The average molecular weight is 186 g/mol. The molecule has 72 valence electrons. The molecule has 0 aromatic carbocycles. The lowest BCUT2D eigenvalue weighted by Gasteiger charge is -2.24. The molecule has 0 saturated heterocycles. The first-order chi connectivity index (χ1) is 6.83. The Labute approximate surface area is 85.2 Å². The van der Waals surface area contributed by atoms with Crippen molar-refractivity contribution in [3.63, 3.8) is 0 Å². The summed E-state index contributed by atoms with van der Waals surface area (Å²) in [5, 5.41) is 17.6. The van der Waals surface area contributed by atoms with Gasteiger partial charge in [-0.1, -0.05) is 12.5 Å². The van der Waals surface area contributed by atoms with Crippen LogP contribution in [-0.2, 0) is 0 Å². The normalized spacial score (nSPS) is 20.7. The molecule has 0 bridgehead atoms.